The second-order valence-electron chi connectivity index (χ2n) is 3.40. The van der Waals surface area contributed by atoms with Crippen molar-refractivity contribution in [3.63, 3.8) is 0 Å². The fraction of sp³-hybridized carbons (Fsp3) is 0.400. The number of methoxy groups -OCH3 is 1. The molecule has 0 aromatic carbocycles. The normalized spacial score (nSPS) is 10.1. The quantitative estimate of drug-likeness (QED) is 0.345. The lowest BCUT2D eigenvalue weighted by molar-refractivity contribution is -0.387. The number of carbonyl (C=O) groups is 2. The Bertz CT molecular complexity index is 483. The molecule has 0 fully saturated rings. The van der Waals surface area contributed by atoms with E-state index in [0.29, 0.717) is 9.77 Å². The molecule has 1 aromatic rings. The number of rotatable bonds is 6. The van der Waals surface area contributed by atoms with Crippen LogP contribution in [0.2, 0.25) is 0 Å². The maximum atomic E-state index is 11.1. The number of hydrogen-bond acceptors (Lipinski definition) is 7. The predicted octanol–water partition coefficient (Wildman–Crippen LogP) is 2.05. The number of ketones is 1. The van der Waals surface area contributed by atoms with Gasteiger partial charge >= 0.3 is 5.97 Å². The largest absolute Gasteiger partial charge is 0.469 e. The number of Topliss-reactive ketones (excluding diaryl/α,β-unsaturated/α-hetero) is 1. The Kier molecular flexibility index (Phi) is 5.29. The van der Waals surface area contributed by atoms with Crippen molar-refractivity contribution in [3.8, 4) is 0 Å². The van der Waals surface area contributed by atoms with Gasteiger partial charge in [0.2, 0.25) is 0 Å². The van der Waals surface area contributed by atoms with Crippen LogP contribution in [0.15, 0.2) is 9.59 Å². The van der Waals surface area contributed by atoms with E-state index in [9.17, 15) is 19.7 Å². The van der Waals surface area contributed by atoms with Crippen molar-refractivity contribution in [1.29, 1.82) is 0 Å². The van der Waals surface area contributed by atoms with Crippen LogP contribution < -0.4 is 0 Å². The fourth-order valence-corrected chi connectivity index (χ4v) is 3.21. The number of esters is 1. The summed E-state index contributed by atoms with van der Waals surface area (Å²) in [7, 11) is 1.23. The molecule has 0 aliphatic rings. The zero-order valence-electron chi connectivity index (χ0n) is 9.80. The Morgan fingerprint density at radius 1 is 1.56 bits per heavy atom. The van der Waals surface area contributed by atoms with Crippen LogP contribution in [0, 0.1) is 10.1 Å². The summed E-state index contributed by atoms with van der Waals surface area (Å²) in [6, 6.07) is 0. The van der Waals surface area contributed by atoms with Gasteiger partial charge in [0.05, 0.1) is 29.8 Å². The van der Waals surface area contributed by atoms with Gasteiger partial charge in [0.1, 0.15) is 9.99 Å². The summed E-state index contributed by atoms with van der Waals surface area (Å²) in [6.45, 7) is 1.42. The molecule has 0 spiro atoms. The molecule has 0 unspecified atom stereocenters. The van der Waals surface area contributed by atoms with Crippen LogP contribution in [-0.2, 0) is 20.7 Å². The first-order valence-electron chi connectivity index (χ1n) is 4.89. The van der Waals surface area contributed by atoms with Crippen LogP contribution in [0.25, 0.3) is 0 Å². The van der Waals surface area contributed by atoms with Crippen molar-refractivity contribution < 1.29 is 19.2 Å². The average Bonchev–Trinajstić information content (AvgIpc) is 2.69. The third-order valence-electron chi connectivity index (χ3n) is 1.96. The summed E-state index contributed by atoms with van der Waals surface area (Å²) in [5.41, 5.74) is 0.222. The molecule has 0 aliphatic heterocycles. The minimum atomic E-state index is -0.531. The van der Waals surface area contributed by atoms with Gasteiger partial charge in [-0.1, -0.05) is 0 Å². The van der Waals surface area contributed by atoms with E-state index < -0.39 is 10.9 Å². The molecule has 0 atom stereocenters. The third kappa shape index (κ3) is 3.81. The summed E-state index contributed by atoms with van der Waals surface area (Å²) in [5.74, 6) is -0.407. The molecule has 0 amide bonds. The van der Waals surface area contributed by atoms with Gasteiger partial charge < -0.3 is 4.74 Å². The Hall–Kier alpha value is -1.41. The molecular formula is C10H11NO5S2. The van der Waals surface area contributed by atoms with Gasteiger partial charge in [-0.15, -0.1) is 23.1 Å². The van der Waals surface area contributed by atoms with Crippen LogP contribution in [0.1, 0.15) is 12.5 Å². The lowest BCUT2D eigenvalue weighted by Crippen LogP contribution is -2.05. The molecule has 0 saturated heterocycles. The highest BCUT2D eigenvalue weighted by Gasteiger charge is 2.24. The van der Waals surface area contributed by atoms with Crippen molar-refractivity contribution in [2.24, 2.45) is 0 Å². The number of nitro groups is 1. The van der Waals surface area contributed by atoms with Gasteiger partial charge in [0, 0.05) is 5.38 Å². The second kappa shape index (κ2) is 6.50. The molecular weight excluding hydrogens is 278 g/mol. The lowest BCUT2D eigenvalue weighted by Gasteiger charge is -1.98. The summed E-state index contributed by atoms with van der Waals surface area (Å²) in [5, 5.41) is 12.5. The molecule has 0 saturated carbocycles. The van der Waals surface area contributed by atoms with Crippen molar-refractivity contribution in [1.82, 2.24) is 0 Å². The van der Waals surface area contributed by atoms with Crippen LogP contribution in [0.4, 0.5) is 5.69 Å². The average molecular weight is 289 g/mol. The van der Waals surface area contributed by atoms with E-state index in [1.165, 1.54) is 14.0 Å². The maximum absolute atomic E-state index is 11.1. The van der Waals surface area contributed by atoms with Crippen LogP contribution >= 0.6 is 23.1 Å². The van der Waals surface area contributed by atoms with E-state index >= 15 is 0 Å². The first-order valence-corrected chi connectivity index (χ1v) is 6.76. The number of hydrogen-bond donors (Lipinski definition) is 0. The summed E-state index contributed by atoms with van der Waals surface area (Å²) in [4.78, 5) is 32.4. The summed E-state index contributed by atoms with van der Waals surface area (Å²) < 4.78 is 4.92. The Labute approximate surface area is 111 Å². The van der Waals surface area contributed by atoms with E-state index in [1.807, 2.05) is 0 Å². The van der Waals surface area contributed by atoms with Crippen LogP contribution in [-0.4, -0.2) is 29.5 Å². The number of ether oxygens (including phenoxy) is 1. The van der Waals surface area contributed by atoms with E-state index in [1.54, 1.807) is 5.38 Å². The molecule has 1 aromatic heterocycles. The van der Waals surface area contributed by atoms with Gasteiger partial charge in [-0.2, -0.15) is 0 Å². The molecule has 0 aliphatic carbocycles. The molecule has 0 radical (unpaired) electrons. The number of carbonyl (C=O) groups excluding carboxylic acids is 2. The maximum Gasteiger partial charge on any atom is 0.310 e. The van der Waals surface area contributed by atoms with Gasteiger partial charge in [-0.25, -0.2) is 0 Å². The molecule has 1 rings (SSSR count). The zero-order chi connectivity index (χ0) is 13.7. The zero-order valence-corrected chi connectivity index (χ0v) is 11.4. The van der Waals surface area contributed by atoms with Crippen molar-refractivity contribution >= 4 is 40.5 Å². The van der Waals surface area contributed by atoms with Crippen LogP contribution in [0.3, 0.4) is 0 Å². The van der Waals surface area contributed by atoms with Gasteiger partial charge in [-0.05, 0) is 6.92 Å². The molecule has 0 N–H and O–H groups in total. The third-order valence-corrected chi connectivity index (χ3v) is 4.42. The SMILES string of the molecule is COC(=O)Cc1csc(SCC(C)=O)c1[N+](=O)[O-]. The first-order chi connectivity index (χ1) is 8.45. The second-order valence-corrected chi connectivity index (χ2v) is 5.52. The van der Waals surface area contributed by atoms with Crippen molar-refractivity contribution in [2.75, 3.05) is 12.9 Å². The topological polar surface area (TPSA) is 86.5 Å². The minimum Gasteiger partial charge on any atom is -0.469 e. The Morgan fingerprint density at radius 2 is 2.22 bits per heavy atom. The monoisotopic (exact) mass is 289 g/mol. The van der Waals surface area contributed by atoms with E-state index in [4.69, 9.17) is 0 Å². The molecule has 0 bridgehead atoms. The number of thioether (sulfide) groups is 1. The van der Waals surface area contributed by atoms with Crippen molar-refractivity contribution in [3.05, 3.63) is 21.1 Å². The molecule has 8 heteroatoms. The molecule has 1 heterocycles. The van der Waals surface area contributed by atoms with Crippen LogP contribution in [0.5, 0.6) is 0 Å². The van der Waals surface area contributed by atoms with Gasteiger partial charge in [0.15, 0.2) is 0 Å². The van der Waals surface area contributed by atoms with Gasteiger partial charge in [0.25, 0.3) is 5.69 Å². The highest BCUT2D eigenvalue weighted by atomic mass is 32.2. The van der Waals surface area contributed by atoms with Crippen molar-refractivity contribution in [2.45, 2.75) is 17.6 Å². The Balaban J connectivity index is 2.95. The van der Waals surface area contributed by atoms with Gasteiger partial charge in [-0.3, -0.25) is 19.7 Å². The van der Waals surface area contributed by atoms with E-state index in [0.717, 1.165) is 23.1 Å². The van der Waals surface area contributed by atoms with E-state index in [2.05, 4.69) is 4.74 Å². The number of thiophene rings is 1. The summed E-state index contributed by atoms with van der Waals surface area (Å²) >= 11 is 2.27. The van der Waals surface area contributed by atoms with E-state index in [-0.39, 0.29) is 23.6 Å². The molecule has 18 heavy (non-hydrogen) atoms. The highest BCUT2D eigenvalue weighted by Crippen LogP contribution is 2.38. The fourth-order valence-electron chi connectivity index (χ4n) is 1.18. The highest BCUT2D eigenvalue weighted by molar-refractivity contribution is 8.01. The lowest BCUT2D eigenvalue weighted by atomic mass is 10.2. The number of nitrogens with zero attached hydrogens (tertiary/aromatic N) is 1. The Morgan fingerprint density at radius 3 is 2.72 bits per heavy atom. The standard InChI is InChI=1S/C10H11NO5S2/c1-6(12)4-17-10-9(11(14)15)7(5-18-10)3-8(13)16-2/h5H,3-4H2,1-2H3. The summed E-state index contributed by atoms with van der Waals surface area (Å²) in [6.07, 6.45) is -0.135. The molecule has 6 nitrogen and oxygen atoms in total. The molecule has 98 valence electrons. The minimum absolute atomic E-state index is 0.0581. The first kappa shape index (κ1) is 14.7. The smallest absolute Gasteiger partial charge is 0.310 e. The predicted molar refractivity (Wildman–Crippen MR) is 68.1 cm³/mol.